The lowest BCUT2D eigenvalue weighted by Gasteiger charge is -2.48. The second-order valence-corrected chi connectivity index (χ2v) is 8.55. The molecule has 1 heterocycles. The standard InChI is InChI=1S/C19H34O8/c1-10-7-12(21)8-18(3,4)19(10,25)6-5-11(2)26-17-16(24)15(23)14(22)13(9-20)27-17/h7,11-17,20-25H,5-6,8-9H2,1-4H3. The molecule has 0 amide bonds. The van der Waals surface area contributed by atoms with E-state index >= 15 is 0 Å². The minimum Gasteiger partial charge on any atom is -0.394 e. The summed E-state index contributed by atoms with van der Waals surface area (Å²) in [5, 5.41) is 60.1. The zero-order valence-electron chi connectivity index (χ0n) is 16.4. The van der Waals surface area contributed by atoms with Crippen molar-refractivity contribution in [3.8, 4) is 0 Å². The van der Waals surface area contributed by atoms with Crippen LogP contribution in [0.5, 0.6) is 0 Å². The molecular formula is C19H34O8. The number of aliphatic hydroxyl groups is 6. The van der Waals surface area contributed by atoms with E-state index in [9.17, 15) is 30.6 Å². The van der Waals surface area contributed by atoms with Gasteiger partial charge in [0.15, 0.2) is 6.29 Å². The SMILES string of the molecule is CC1=CC(O)CC(C)(C)C1(O)CCC(C)OC1OC(CO)C(O)C(O)C1O. The minimum atomic E-state index is -1.48. The smallest absolute Gasteiger partial charge is 0.186 e. The average molecular weight is 390 g/mol. The van der Waals surface area contributed by atoms with Crippen LogP contribution in [0.15, 0.2) is 11.6 Å². The Kier molecular flexibility index (Phi) is 7.08. The molecular weight excluding hydrogens is 356 g/mol. The normalized spacial score (nSPS) is 43.3. The van der Waals surface area contributed by atoms with Crippen molar-refractivity contribution < 1.29 is 40.1 Å². The van der Waals surface area contributed by atoms with Crippen LogP contribution in [0.3, 0.4) is 0 Å². The van der Waals surface area contributed by atoms with E-state index in [0.29, 0.717) is 24.8 Å². The minimum absolute atomic E-state index is 0.383. The molecule has 0 saturated carbocycles. The summed E-state index contributed by atoms with van der Waals surface area (Å²) in [5.41, 5.74) is -0.904. The molecule has 1 aliphatic carbocycles. The molecule has 2 rings (SSSR count). The molecule has 0 aromatic rings. The molecule has 8 nitrogen and oxygen atoms in total. The molecule has 27 heavy (non-hydrogen) atoms. The summed E-state index contributed by atoms with van der Waals surface area (Å²) in [5.74, 6) is 0. The van der Waals surface area contributed by atoms with Crippen LogP contribution in [0, 0.1) is 5.41 Å². The molecule has 8 heteroatoms. The monoisotopic (exact) mass is 390 g/mol. The van der Waals surface area contributed by atoms with Gasteiger partial charge < -0.3 is 40.1 Å². The summed E-state index contributed by atoms with van der Waals surface area (Å²) in [4.78, 5) is 0. The second kappa shape index (κ2) is 8.42. The van der Waals surface area contributed by atoms with Crippen molar-refractivity contribution in [2.24, 2.45) is 5.41 Å². The van der Waals surface area contributed by atoms with Gasteiger partial charge in [-0.3, -0.25) is 0 Å². The van der Waals surface area contributed by atoms with Gasteiger partial charge in [-0.1, -0.05) is 19.9 Å². The Morgan fingerprint density at radius 3 is 2.37 bits per heavy atom. The first-order valence-electron chi connectivity index (χ1n) is 9.48. The summed E-state index contributed by atoms with van der Waals surface area (Å²) in [6.07, 6.45) is -4.63. The fourth-order valence-corrected chi connectivity index (χ4v) is 4.14. The van der Waals surface area contributed by atoms with Gasteiger partial charge in [-0.05, 0) is 38.7 Å². The molecule has 8 atom stereocenters. The zero-order valence-corrected chi connectivity index (χ0v) is 16.4. The maximum Gasteiger partial charge on any atom is 0.186 e. The number of hydrogen-bond acceptors (Lipinski definition) is 8. The summed E-state index contributed by atoms with van der Waals surface area (Å²) in [7, 11) is 0. The lowest BCUT2D eigenvalue weighted by molar-refractivity contribution is -0.310. The van der Waals surface area contributed by atoms with Gasteiger partial charge in [0.05, 0.1) is 24.4 Å². The van der Waals surface area contributed by atoms with Crippen molar-refractivity contribution in [3.63, 3.8) is 0 Å². The van der Waals surface area contributed by atoms with Crippen molar-refractivity contribution >= 4 is 0 Å². The first-order chi connectivity index (χ1) is 12.4. The van der Waals surface area contributed by atoms with Crippen LogP contribution in [0.2, 0.25) is 0 Å². The van der Waals surface area contributed by atoms with E-state index in [1.165, 1.54) is 0 Å². The van der Waals surface area contributed by atoms with Crippen molar-refractivity contribution in [3.05, 3.63) is 11.6 Å². The molecule has 1 aliphatic heterocycles. The van der Waals surface area contributed by atoms with E-state index in [2.05, 4.69) is 0 Å². The molecule has 1 saturated heterocycles. The Morgan fingerprint density at radius 2 is 1.81 bits per heavy atom. The third kappa shape index (κ3) is 4.54. The van der Waals surface area contributed by atoms with Crippen molar-refractivity contribution in [2.75, 3.05) is 6.61 Å². The Hall–Kier alpha value is -0.580. The maximum atomic E-state index is 11.2. The molecule has 8 unspecified atom stereocenters. The topological polar surface area (TPSA) is 140 Å². The summed E-state index contributed by atoms with van der Waals surface area (Å²) >= 11 is 0. The van der Waals surface area contributed by atoms with Crippen LogP contribution in [0.1, 0.15) is 47.0 Å². The molecule has 0 radical (unpaired) electrons. The lowest BCUT2D eigenvalue weighted by atomic mass is 9.62. The summed E-state index contributed by atoms with van der Waals surface area (Å²) < 4.78 is 11.0. The first kappa shape index (κ1) is 22.7. The number of hydrogen-bond donors (Lipinski definition) is 6. The molecule has 1 fully saturated rings. The van der Waals surface area contributed by atoms with Gasteiger partial charge in [0.25, 0.3) is 0 Å². The van der Waals surface area contributed by atoms with Gasteiger partial charge in [0, 0.05) is 5.41 Å². The Balaban J connectivity index is 1.99. The molecule has 2 aliphatic rings. The number of ether oxygens (including phenoxy) is 2. The van der Waals surface area contributed by atoms with Gasteiger partial charge in [-0.25, -0.2) is 0 Å². The van der Waals surface area contributed by atoms with Crippen LogP contribution < -0.4 is 0 Å². The van der Waals surface area contributed by atoms with Gasteiger partial charge in [0.2, 0.25) is 0 Å². The Morgan fingerprint density at radius 1 is 1.19 bits per heavy atom. The lowest BCUT2D eigenvalue weighted by Crippen LogP contribution is -2.59. The largest absolute Gasteiger partial charge is 0.394 e. The van der Waals surface area contributed by atoms with Crippen LogP contribution in [-0.4, -0.2) is 85.8 Å². The van der Waals surface area contributed by atoms with E-state index < -0.39 is 60.5 Å². The average Bonchev–Trinajstić information content (AvgIpc) is 2.58. The van der Waals surface area contributed by atoms with Gasteiger partial charge >= 0.3 is 0 Å². The fourth-order valence-electron chi connectivity index (χ4n) is 4.14. The zero-order chi connectivity index (χ0) is 20.6. The Bertz CT molecular complexity index is 534. The van der Waals surface area contributed by atoms with E-state index in [1.54, 1.807) is 19.9 Å². The highest BCUT2D eigenvalue weighted by molar-refractivity contribution is 5.25. The third-order valence-electron chi connectivity index (χ3n) is 6.06. The molecule has 0 spiro atoms. The van der Waals surface area contributed by atoms with Crippen molar-refractivity contribution in [2.45, 2.75) is 95.5 Å². The highest BCUT2D eigenvalue weighted by Gasteiger charge is 2.48. The van der Waals surface area contributed by atoms with E-state index in [4.69, 9.17) is 9.47 Å². The van der Waals surface area contributed by atoms with E-state index in [0.717, 1.165) is 0 Å². The highest BCUT2D eigenvalue weighted by Crippen LogP contribution is 2.47. The van der Waals surface area contributed by atoms with Crippen LogP contribution in [0.4, 0.5) is 0 Å². The maximum absolute atomic E-state index is 11.2. The van der Waals surface area contributed by atoms with Gasteiger partial charge in [-0.2, -0.15) is 0 Å². The molecule has 158 valence electrons. The molecule has 6 N–H and O–H groups in total. The van der Waals surface area contributed by atoms with E-state index in [1.807, 2.05) is 13.8 Å². The van der Waals surface area contributed by atoms with Crippen LogP contribution >= 0.6 is 0 Å². The predicted molar refractivity (Wildman–Crippen MR) is 96.7 cm³/mol. The first-order valence-corrected chi connectivity index (χ1v) is 9.48. The quantitative estimate of drug-likeness (QED) is 0.332. The summed E-state index contributed by atoms with van der Waals surface area (Å²) in [6, 6.07) is 0. The molecule has 0 bridgehead atoms. The third-order valence-corrected chi connectivity index (χ3v) is 6.06. The Labute approximate surface area is 160 Å². The highest BCUT2D eigenvalue weighted by atomic mass is 16.7. The van der Waals surface area contributed by atoms with Gasteiger partial charge in [-0.15, -0.1) is 0 Å². The molecule has 0 aromatic carbocycles. The fraction of sp³-hybridized carbons (Fsp3) is 0.895. The second-order valence-electron chi connectivity index (χ2n) is 8.55. The van der Waals surface area contributed by atoms with Crippen molar-refractivity contribution in [1.82, 2.24) is 0 Å². The van der Waals surface area contributed by atoms with Gasteiger partial charge in [0.1, 0.15) is 24.4 Å². The predicted octanol–water partition coefficient (Wildman–Crippen LogP) is -0.560. The van der Waals surface area contributed by atoms with E-state index in [-0.39, 0.29) is 0 Å². The van der Waals surface area contributed by atoms with Crippen LogP contribution in [0.25, 0.3) is 0 Å². The molecule has 0 aromatic heterocycles. The number of rotatable bonds is 6. The van der Waals surface area contributed by atoms with Crippen molar-refractivity contribution in [1.29, 1.82) is 0 Å². The van der Waals surface area contributed by atoms with Crippen LogP contribution in [-0.2, 0) is 9.47 Å². The number of aliphatic hydroxyl groups excluding tert-OH is 5. The summed E-state index contributed by atoms with van der Waals surface area (Å²) in [6.45, 7) is 6.87.